The van der Waals surface area contributed by atoms with Crippen molar-refractivity contribution < 1.29 is 0 Å². The Morgan fingerprint density at radius 1 is 1.14 bits per heavy atom. The van der Waals surface area contributed by atoms with E-state index in [0.717, 1.165) is 5.92 Å². The molecule has 1 aliphatic carbocycles. The lowest BCUT2D eigenvalue weighted by Gasteiger charge is -2.26. The van der Waals surface area contributed by atoms with E-state index >= 15 is 0 Å². The molecule has 0 aromatic heterocycles. The number of rotatable bonds is 2. The molecule has 14 heavy (non-hydrogen) atoms. The summed E-state index contributed by atoms with van der Waals surface area (Å²) in [7, 11) is 0. The van der Waals surface area contributed by atoms with E-state index in [-0.39, 0.29) is 0 Å². The van der Waals surface area contributed by atoms with Gasteiger partial charge in [0.05, 0.1) is 0 Å². The first-order valence-corrected chi connectivity index (χ1v) is 5.64. The largest absolute Gasteiger partial charge is 0.328 e. The van der Waals surface area contributed by atoms with Gasteiger partial charge in [0.1, 0.15) is 0 Å². The molecule has 2 rings (SSSR count). The van der Waals surface area contributed by atoms with Gasteiger partial charge in [0.15, 0.2) is 0 Å². The summed E-state index contributed by atoms with van der Waals surface area (Å²) in [5.41, 5.74) is 7.44. The third kappa shape index (κ3) is 2.58. The van der Waals surface area contributed by atoms with Gasteiger partial charge in [-0.3, -0.25) is 0 Å². The fourth-order valence-corrected chi connectivity index (χ4v) is 2.47. The molecular formula is C13H19N. The summed E-state index contributed by atoms with van der Waals surface area (Å²) in [4.78, 5) is 0. The van der Waals surface area contributed by atoms with Crippen molar-refractivity contribution in [3.63, 3.8) is 0 Å². The predicted molar refractivity (Wildman–Crippen MR) is 60.1 cm³/mol. The Labute approximate surface area is 86.3 Å². The van der Waals surface area contributed by atoms with E-state index in [2.05, 4.69) is 30.3 Å². The summed E-state index contributed by atoms with van der Waals surface area (Å²) < 4.78 is 0. The second kappa shape index (κ2) is 4.61. The molecular weight excluding hydrogens is 170 g/mol. The summed E-state index contributed by atoms with van der Waals surface area (Å²) in [6.45, 7) is 0. The molecule has 1 aromatic rings. The molecule has 2 atom stereocenters. The Morgan fingerprint density at radius 3 is 2.64 bits per heavy atom. The minimum absolute atomic E-state index is 0.456. The van der Waals surface area contributed by atoms with Crippen LogP contribution in [0.1, 0.15) is 31.2 Å². The minimum Gasteiger partial charge on any atom is -0.328 e. The molecule has 2 N–H and O–H groups in total. The van der Waals surface area contributed by atoms with Crippen molar-refractivity contribution in [3.05, 3.63) is 35.9 Å². The van der Waals surface area contributed by atoms with Gasteiger partial charge in [-0.05, 0) is 30.7 Å². The fraction of sp³-hybridized carbons (Fsp3) is 0.538. The molecule has 0 aliphatic heterocycles. The quantitative estimate of drug-likeness (QED) is 0.760. The molecule has 76 valence electrons. The minimum atomic E-state index is 0.456. The summed E-state index contributed by atoms with van der Waals surface area (Å²) in [6, 6.07) is 11.2. The molecule has 0 saturated heterocycles. The van der Waals surface area contributed by atoms with Gasteiger partial charge in [-0.25, -0.2) is 0 Å². The standard InChI is InChI=1S/C13H19N/c14-13-8-4-7-12(10-13)9-11-5-2-1-3-6-11/h1-3,5-6,12-13H,4,7-10,14H2/t12-,13?/m1/s1. The third-order valence-electron chi connectivity index (χ3n) is 3.19. The lowest BCUT2D eigenvalue weighted by Crippen LogP contribution is -2.28. The number of hydrogen-bond donors (Lipinski definition) is 1. The molecule has 1 nitrogen and oxygen atoms in total. The molecule has 0 radical (unpaired) electrons. The van der Waals surface area contributed by atoms with Gasteiger partial charge in [-0.15, -0.1) is 0 Å². The average molecular weight is 189 g/mol. The van der Waals surface area contributed by atoms with Crippen LogP contribution in [0.5, 0.6) is 0 Å². The van der Waals surface area contributed by atoms with Crippen LogP contribution in [0.4, 0.5) is 0 Å². The zero-order valence-corrected chi connectivity index (χ0v) is 8.65. The number of benzene rings is 1. The van der Waals surface area contributed by atoms with E-state index in [1.54, 1.807) is 0 Å². The highest BCUT2D eigenvalue weighted by Gasteiger charge is 2.18. The van der Waals surface area contributed by atoms with Crippen LogP contribution in [0.15, 0.2) is 30.3 Å². The first kappa shape index (κ1) is 9.72. The Morgan fingerprint density at radius 2 is 1.93 bits per heavy atom. The maximum absolute atomic E-state index is 5.98. The zero-order chi connectivity index (χ0) is 9.80. The van der Waals surface area contributed by atoms with Crippen LogP contribution in [0, 0.1) is 5.92 Å². The van der Waals surface area contributed by atoms with Gasteiger partial charge < -0.3 is 5.73 Å². The molecule has 0 bridgehead atoms. The second-order valence-corrected chi connectivity index (χ2v) is 4.48. The zero-order valence-electron chi connectivity index (χ0n) is 8.65. The fourth-order valence-electron chi connectivity index (χ4n) is 2.47. The van der Waals surface area contributed by atoms with Crippen molar-refractivity contribution in [2.75, 3.05) is 0 Å². The van der Waals surface area contributed by atoms with Crippen LogP contribution in [-0.2, 0) is 6.42 Å². The van der Waals surface area contributed by atoms with Gasteiger partial charge in [-0.2, -0.15) is 0 Å². The average Bonchev–Trinajstić information content (AvgIpc) is 2.19. The summed E-state index contributed by atoms with van der Waals surface area (Å²) in [5, 5.41) is 0. The van der Waals surface area contributed by atoms with Crippen LogP contribution in [0.2, 0.25) is 0 Å². The SMILES string of the molecule is NC1CCC[C@H](Cc2ccccc2)C1. The summed E-state index contributed by atoms with van der Waals surface area (Å²) >= 11 is 0. The van der Waals surface area contributed by atoms with Gasteiger partial charge in [0.2, 0.25) is 0 Å². The van der Waals surface area contributed by atoms with Gasteiger partial charge in [0.25, 0.3) is 0 Å². The Kier molecular flexibility index (Phi) is 3.20. The highest BCUT2D eigenvalue weighted by molar-refractivity contribution is 5.15. The van der Waals surface area contributed by atoms with Crippen molar-refractivity contribution in [2.24, 2.45) is 11.7 Å². The van der Waals surface area contributed by atoms with Crippen molar-refractivity contribution in [1.29, 1.82) is 0 Å². The van der Waals surface area contributed by atoms with Crippen molar-refractivity contribution in [2.45, 2.75) is 38.1 Å². The van der Waals surface area contributed by atoms with E-state index in [9.17, 15) is 0 Å². The van der Waals surface area contributed by atoms with Crippen LogP contribution in [-0.4, -0.2) is 6.04 Å². The van der Waals surface area contributed by atoms with Crippen LogP contribution in [0.25, 0.3) is 0 Å². The molecule has 1 heteroatoms. The second-order valence-electron chi connectivity index (χ2n) is 4.48. The van der Waals surface area contributed by atoms with E-state index in [0.29, 0.717) is 6.04 Å². The van der Waals surface area contributed by atoms with Gasteiger partial charge in [0, 0.05) is 6.04 Å². The maximum Gasteiger partial charge on any atom is 0.00415 e. The van der Waals surface area contributed by atoms with Crippen molar-refractivity contribution in [3.8, 4) is 0 Å². The molecule has 1 aliphatic rings. The smallest absolute Gasteiger partial charge is 0.00415 e. The van der Waals surface area contributed by atoms with Crippen LogP contribution >= 0.6 is 0 Å². The van der Waals surface area contributed by atoms with E-state index in [1.807, 2.05) is 0 Å². The lowest BCUT2D eigenvalue weighted by molar-refractivity contribution is 0.321. The first-order chi connectivity index (χ1) is 6.84. The molecule has 1 saturated carbocycles. The molecule has 0 spiro atoms. The number of hydrogen-bond acceptors (Lipinski definition) is 1. The first-order valence-electron chi connectivity index (χ1n) is 5.64. The monoisotopic (exact) mass is 189 g/mol. The van der Waals surface area contributed by atoms with Crippen molar-refractivity contribution >= 4 is 0 Å². The van der Waals surface area contributed by atoms with Crippen LogP contribution < -0.4 is 5.73 Å². The molecule has 1 fully saturated rings. The normalized spacial score (nSPS) is 27.5. The Hall–Kier alpha value is -0.820. The maximum atomic E-state index is 5.98. The van der Waals surface area contributed by atoms with Gasteiger partial charge >= 0.3 is 0 Å². The summed E-state index contributed by atoms with van der Waals surface area (Å²) in [6.07, 6.45) is 6.34. The highest BCUT2D eigenvalue weighted by atomic mass is 14.6. The molecule has 1 aromatic carbocycles. The van der Waals surface area contributed by atoms with Gasteiger partial charge in [-0.1, -0.05) is 43.2 Å². The Balaban J connectivity index is 1.91. The predicted octanol–water partition coefficient (Wildman–Crippen LogP) is 2.75. The van der Waals surface area contributed by atoms with E-state index in [4.69, 9.17) is 5.73 Å². The van der Waals surface area contributed by atoms with E-state index in [1.165, 1.54) is 37.7 Å². The highest BCUT2D eigenvalue weighted by Crippen LogP contribution is 2.26. The lowest BCUT2D eigenvalue weighted by atomic mass is 9.82. The molecule has 0 heterocycles. The number of nitrogens with two attached hydrogens (primary N) is 1. The summed E-state index contributed by atoms with van der Waals surface area (Å²) in [5.74, 6) is 0.821. The molecule has 0 amide bonds. The third-order valence-corrected chi connectivity index (χ3v) is 3.19. The topological polar surface area (TPSA) is 26.0 Å². The van der Waals surface area contributed by atoms with Crippen LogP contribution in [0.3, 0.4) is 0 Å². The van der Waals surface area contributed by atoms with Crippen molar-refractivity contribution in [1.82, 2.24) is 0 Å². The van der Waals surface area contributed by atoms with E-state index < -0.39 is 0 Å². The Bertz CT molecular complexity index is 268. The molecule has 1 unspecified atom stereocenters.